The van der Waals surface area contributed by atoms with Gasteiger partial charge in [0.05, 0.1) is 7.11 Å². The molecule has 0 aliphatic heterocycles. The molecule has 0 unspecified atom stereocenters. The van der Waals surface area contributed by atoms with Crippen molar-refractivity contribution in [3.8, 4) is 0 Å². The van der Waals surface area contributed by atoms with Crippen LogP contribution >= 0.6 is 0 Å². The van der Waals surface area contributed by atoms with E-state index in [1.54, 1.807) is 11.9 Å². The SMILES string of the molecule is COC(=O)N(C)CC(C)(C)C. The van der Waals surface area contributed by atoms with E-state index < -0.39 is 0 Å². The summed E-state index contributed by atoms with van der Waals surface area (Å²) in [5.41, 5.74) is 0.128. The Morgan fingerprint density at radius 1 is 1.45 bits per heavy atom. The van der Waals surface area contributed by atoms with Gasteiger partial charge in [-0.15, -0.1) is 0 Å². The number of hydrogen-bond acceptors (Lipinski definition) is 2. The molecule has 66 valence electrons. The van der Waals surface area contributed by atoms with Gasteiger partial charge in [0.1, 0.15) is 0 Å². The summed E-state index contributed by atoms with van der Waals surface area (Å²) < 4.78 is 4.54. The van der Waals surface area contributed by atoms with Gasteiger partial charge in [-0.25, -0.2) is 4.79 Å². The highest BCUT2D eigenvalue weighted by molar-refractivity contribution is 5.66. The zero-order valence-corrected chi connectivity index (χ0v) is 7.97. The Morgan fingerprint density at radius 3 is 2.18 bits per heavy atom. The maximum absolute atomic E-state index is 10.9. The Morgan fingerprint density at radius 2 is 1.91 bits per heavy atom. The number of rotatable bonds is 1. The molecule has 0 fully saturated rings. The summed E-state index contributed by atoms with van der Waals surface area (Å²) in [6.45, 7) is 6.94. The summed E-state index contributed by atoms with van der Waals surface area (Å²) in [4.78, 5) is 12.5. The number of carbonyl (C=O) groups is 1. The van der Waals surface area contributed by atoms with Gasteiger partial charge in [-0.05, 0) is 5.41 Å². The number of hydrogen-bond donors (Lipinski definition) is 0. The molecule has 0 aromatic carbocycles. The molecule has 1 amide bonds. The molecule has 0 spiro atoms. The van der Waals surface area contributed by atoms with E-state index in [2.05, 4.69) is 25.5 Å². The third kappa shape index (κ3) is 4.65. The predicted octanol–water partition coefficient (Wildman–Crippen LogP) is 1.73. The summed E-state index contributed by atoms with van der Waals surface area (Å²) in [6.07, 6.45) is -0.278. The maximum atomic E-state index is 10.9. The van der Waals surface area contributed by atoms with Gasteiger partial charge in [-0.1, -0.05) is 20.8 Å². The second-order valence-corrected chi connectivity index (χ2v) is 3.89. The Bertz CT molecular complexity index is 138. The van der Waals surface area contributed by atoms with Crippen molar-refractivity contribution in [3.63, 3.8) is 0 Å². The van der Waals surface area contributed by atoms with Crippen LogP contribution < -0.4 is 0 Å². The number of nitrogens with zero attached hydrogens (tertiary/aromatic N) is 1. The van der Waals surface area contributed by atoms with Crippen LogP contribution in [0.15, 0.2) is 0 Å². The van der Waals surface area contributed by atoms with Crippen LogP contribution in [-0.4, -0.2) is 31.7 Å². The lowest BCUT2D eigenvalue weighted by Gasteiger charge is -2.25. The summed E-state index contributed by atoms with van der Waals surface area (Å²) in [7, 11) is 3.12. The zero-order valence-electron chi connectivity index (χ0n) is 7.97. The minimum absolute atomic E-state index is 0.128. The highest BCUT2D eigenvalue weighted by Gasteiger charge is 2.17. The summed E-state index contributed by atoms with van der Waals surface area (Å²) in [5, 5.41) is 0. The topological polar surface area (TPSA) is 29.5 Å². The number of ether oxygens (including phenoxy) is 1. The van der Waals surface area contributed by atoms with Crippen molar-refractivity contribution in [1.82, 2.24) is 4.90 Å². The second kappa shape index (κ2) is 3.60. The monoisotopic (exact) mass is 159 g/mol. The molecular weight excluding hydrogens is 142 g/mol. The molecule has 0 saturated carbocycles. The summed E-state index contributed by atoms with van der Waals surface area (Å²) >= 11 is 0. The van der Waals surface area contributed by atoms with E-state index in [0.29, 0.717) is 6.54 Å². The fourth-order valence-corrected chi connectivity index (χ4v) is 0.932. The molecule has 0 aromatic rings. The van der Waals surface area contributed by atoms with E-state index in [0.717, 1.165) is 0 Å². The standard InChI is InChI=1S/C8H17NO2/c1-8(2,3)6-9(4)7(10)11-5/h6H2,1-5H3. The van der Waals surface area contributed by atoms with Gasteiger partial charge in [0, 0.05) is 13.6 Å². The largest absolute Gasteiger partial charge is 0.453 e. The second-order valence-electron chi connectivity index (χ2n) is 3.89. The highest BCUT2D eigenvalue weighted by Crippen LogP contribution is 2.14. The normalized spacial score (nSPS) is 11.0. The van der Waals surface area contributed by atoms with Gasteiger partial charge in [0.15, 0.2) is 0 Å². The average molecular weight is 159 g/mol. The molecule has 11 heavy (non-hydrogen) atoms. The number of methoxy groups -OCH3 is 1. The lowest BCUT2D eigenvalue weighted by molar-refractivity contribution is 0.119. The van der Waals surface area contributed by atoms with Crippen molar-refractivity contribution in [2.24, 2.45) is 5.41 Å². The molecule has 0 bridgehead atoms. The van der Waals surface area contributed by atoms with E-state index in [1.807, 2.05) is 0 Å². The van der Waals surface area contributed by atoms with E-state index in [-0.39, 0.29) is 11.5 Å². The third-order valence-electron chi connectivity index (χ3n) is 1.20. The predicted molar refractivity (Wildman–Crippen MR) is 44.5 cm³/mol. The molecule has 3 nitrogen and oxygen atoms in total. The van der Waals surface area contributed by atoms with Crippen LogP contribution in [0.3, 0.4) is 0 Å². The molecule has 0 atom stereocenters. The lowest BCUT2D eigenvalue weighted by Crippen LogP contribution is -2.34. The van der Waals surface area contributed by atoms with Gasteiger partial charge >= 0.3 is 6.09 Å². The van der Waals surface area contributed by atoms with Crippen LogP contribution in [0.5, 0.6) is 0 Å². The molecule has 0 rings (SSSR count). The van der Waals surface area contributed by atoms with Crippen LogP contribution in [0, 0.1) is 5.41 Å². The van der Waals surface area contributed by atoms with Gasteiger partial charge < -0.3 is 9.64 Å². The highest BCUT2D eigenvalue weighted by atomic mass is 16.5. The van der Waals surface area contributed by atoms with Gasteiger partial charge in [0.2, 0.25) is 0 Å². The molecule has 0 aliphatic rings. The quantitative estimate of drug-likeness (QED) is 0.583. The van der Waals surface area contributed by atoms with Crippen molar-refractivity contribution in [2.45, 2.75) is 20.8 Å². The first kappa shape index (κ1) is 10.3. The average Bonchev–Trinajstić information content (AvgIpc) is 1.82. The van der Waals surface area contributed by atoms with Crippen molar-refractivity contribution in [1.29, 1.82) is 0 Å². The van der Waals surface area contributed by atoms with Gasteiger partial charge in [0.25, 0.3) is 0 Å². The number of carbonyl (C=O) groups excluding carboxylic acids is 1. The van der Waals surface area contributed by atoms with E-state index in [4.69, 9.17) is 0 Å². The van der Waals surface area contributed by atoms with Crippen LogP contribution in [-0.2, 0) is 4.74 Å². The van der Waals surface area contributed by atoms with Gasteiger partial charge in [-0.3, -0.25) is 0 Å². The van der Waals surface area contributed by atoms with Crippen LogP contribution in [0.4, 0.5) is 4.79 Å². The molecule has 3 heteroatoms. The van der Waals surface area contributed by atoms with Crippen molar-refractivity contribution >= 4 is 6.09 Å². The lowest BCUT2D eigenvalue weighted by atomic mass is 9.96. The molecule has 0 heterocycles. The fraction of sp³-hybridized carbons (Fsp3) is 0.875. The first-order valence-electron chi connectivity index (χ1n) is 3.66. The Kier molecular flexibility index (Phi) is 3.36. The Balaban J connectivity index is 3.87. The first-order chi connectivity index (χ1) is 4.87. The van der Waals surface area contributed by atoms with Crippen LogP contribution in [0.25, 0.3) is 0 Å². The van der Waals surface area contributed by atoms with Crippen molar-refractivity contribution in [2.75, 3.05) is 20.7 Å². The van der Waals surface area contributed by atoms with E-state index >= 15 is 0 Å². The van der Waals surface area contributed by atoms with Crippen LogP contribution in [0.2, 0.25) is 0 Å². The zero-order chi connectivity index (χ0) is 9.07. The van der Waals surface area contributed by atoms with Crippen LogP contribution in [0.1, 0.15) is 20.8 Å². The van der Waals surface area contributed by atoms with E-state index in [1.165, 1.54) is 7.11 Å². The minimum atomic E-state index is -0.278. The Hall–Kier alpha value is -0.730. The Labute approximate surface area is 68.3 Å². The molecule has 0 N–H and O–H groups in total. The smallest absolute Gasteiger partial charge is 0.409 e. The van der Waals surface area contributed by atoms with Crippen molar-refractivity contribution < 1.29 is 9.53 Å². The first-order valence-corrected chi connectivity index (χ1v) is 3.66. The molecular formula is C8H17NO2. The molecule has 0 aromatic heterocycles. The number of amides is 1. The summed E-state index contributed by atoms with van der Waals surface area (Å²) in [6, 6.07) is 0. The van der Waals surface area contributed by atoms with E-state index in [9.17, 15) is 4.79 Å². The molecule has 0 radical (unpaired) electrons. The third-order valence-corrected chi connectivity index (χ3v) is 1.20. The van der Waals surface area contributed by atoms with Crippen molar-refractivity contribution in [3.05, 3.63) is 0 Å². The molecule has 0 aliphatic carbocycles. The fourth-order valence-electron chi connectivity index (χ4n) is 0.932. The summed E-state index contributed by atoms with van der Waals surface area (Å²) in [5.74, 6) is 0. The minimum Gasteiger partial charge on any atom is -0.453 e. The maximum Gasteiger partial charge on any atom is 0.409 e. The molecule has 0 saturated heterocycles. The van der Waals surface area contributed by atoms with Gasteiger partial charge in [-0.2, -0.15) is 0 Å².